The Bertz CT molecular complexity index is 431. The quantitative estimate of drug-likeness (QED) is 0.647. The lowest BCUT2D eigenvalue weighted by Gasteiger charge is -2.07. The van der Waals surface area contributed by atoms with E-state index in [-0.39, 0.29) is 12.7 Å². The summed E-state index contributed by atoms with van der Waals surface area (Å²) >= 11 is 0. The van der Waals surface area contributed by atoms with Gasteiger partial charge in [0, 0.05) is 18.3 Å². The standard InChI is InChI=1S/C10H10N2O3/c13-10-4-11-3-6-1-8-9(15-5-14-8)2-7(6)12-10/h1-2,11H,3-5H2,(H,12,13). The Hall–Kier alpha value is -1.75. The van der Waals surface area contributed by atoms with E-state index < -0.39 is 0 Å². The summed E-state index contributed by atoms with van der Waals surface area (Å²) in [7, 11) is 0. The Balaban J connectivity index is 2.07. The molecule has 0 saturated heterocycles. The van der Waals surface area contributed by atoms with Crippen LogP contribution in [0.25, 0.3) is 0 Å². The third-order valence-corrected chi connectivity index (χ3v) is 2.47. The van der Waals surface area contributed by atoms with Gasteiger partial charge in [-0.25, -0.2) is 0 Å². The molecule has 3 rings (SSSR count). The average Bonchev–Trinajstić information content (AvgIpc) is 2.57. The van der Waals surface area contributed by atoms with E-state index >= 15 is 0 Å². The summed E-state index contributed by atoms with van der Waals surface area (Å²) in [5.74, 6) is 1.40. The SMILES string of the molecule is O=C1CNCc2cc3c(cc2N1)OCO3. The van der Waals surface area contributed by atoms with Crippen molar-refractivity contribution >= 4 is 11.6 Å². The van der Waals surface area contributed by atoms with Gasteiger partial charge in [-0.2, -0.15) is 0 Å². The maximum atomic E-state index is 11.3. The smallest absolute Gasteiger partial charge is 0.238 e. The summed E-state index contributed by atoms with van der Waals surface area (Å²) in [5.41, 5.74) is 1.82. The summed E-state index contributed by atoms with van der Waals surface area (Å²) < 4.78 is 10.5. The van der Waals surface area contributed by atoms with Crippen molar-refractivity contribution in [1.29, 1.82) is 0 Å². The summed E-state index contributed by atoms with van der Waals surface area (Å²) in [6.45, 7) is 1.24. The zero-order chi connectivity index (χ0) is 10.3. The number of carbonyl (C=O) groups is 1. The monoisotopic (exact) mass is 206 g/mol. The van der Waals surface area contributed by atoms with Crippen LogP contribution in [-0.4, -0.2) is 19.2 Å². The zero-order valence-corrected chi connectivity index (χ0v) is 8.00. The molecule has 0 fully saturated rings. The van der Waals surface area contributed by atoms with Gasteiger partial charge in [-0.05, 0) is 11.6 Å². The molecular formula is C10H10N2O3. The van der Waals surface area contributed by atoms with Crippen LogP contribution in [0, 0.1) is 0 Å². The summed E-state index contributed by atoms with van der Waals surface area (Å²) in [5, 5.41) is 5.85. The molecule has 5 nitrogen and oxygen atoms in total. The van der Waals surface area contributed by atoms with Crippen molar-refractivity contribution in [2.24, 2.45) is 0 Å². The third kappa shape index (κ3) is 1.41. The minimum Gasteiger partial charge on any atom is -0.454 e. The molecular weight excluding hydrogens is 196 g/mol. The van der Waals surface area contributed by atoms with Crippen LogP contribution in [0.2, 0.25) is 0 Å². The van der Waals surface area contributed by atoms with Crippen molar-refractivity contribution in [2.75, 3.05) is 18.7 Å². The van der Waals surface area contributed by atoms with E-state index in [1.807, 2.05) is 12.1 Å². The fourth-order valence-corrected chi connectivity index (χ4v) is 1.75. The molecule has 0 aliphatic carbocycles. The summed E-state index contributed by atoms with van der Waals surface area (Å²) in [4.78, 5) is 11.3. The Morgan fingerprint density at radius 3 is 2.80 bits per heavy atom. The molecule has 5 heteroatoms. The molecule has 0 unspecified atom stereocenters. The first-order chi connectivity index (χ1) is 7.33. The number of hydrogen-bond donors (Lipinski definition) is 2. The zero-order valence-electron chi connectivity index (χ0n) is 8.00. The number of nitrogens with one attached hydrogen (secondary N) is 2. The van der Waals surface area contributed by atoms with E-state index in [0.29, 0.717) is 18.8 Å². The number of hydrogen-bond acceptors (Lipinski definition) is 4. The van der Waals surface area contributed by atoms with E-state index in [9.17, 15) is 4.79 Å². The highest BCUT2D eigenvalue weighted by Gasteiger charge is 2.19. The van der Waals surface area contributed by atoms with Gasteiger partial charge in [-0.3, -0.25) is 4.79 Å². The van der Waals surface area contributed by atoms with Crippen LogP contribution in [0.15, 0.2) is 12.1 Å². The first-order valence-electron chi connectivity index (χ1n) is 4.76. The van der Waals surface area contributed by atoms with E-state index in [4.69, 9.17) is 9.47 Å². The number of anilines is 1. The lowest BCUT2D eigenvalue weighted by atomic mass is 10.1. The largest absolute Gasteiger partial charge is 0.454 e. The van der Waals surface area contributed by atoms with E-state index in [1.54, 1.807) is 0 Å². The Kier molecular flexibility index (Phi) is 1.78. The molecule has 78 valence electrons. The number of ether oxygens (including phenoxy) is 2. The van der Waals surface area contributed by atoms with E-state index in [2.05, 4.69) is 10.6 Å². The Morgan fingerprint density at radius 2 is 1.93 bits per heavy atom. The van der Waals surface area contributed by atoms with Crippen LogP contribution in [0.4, 0.5) is 5.69 Å². The van der Waals surface area contributed by atoms with Crippen LogP contribution in [-0.2, 0) is 11.3 Å². The van der Waals surface area contributed by atoms with Crippen LogP contribution in [0.1, 0.15) is 5.56 Å². The fraction of sp³-hybridized carbons (Fsp3) is 0.300. The van der Waals surface area contributed by atoms with Gasteiger partial charge in [-0.15, -0.1) is 0 Å². The molecule has 0 bridgehead atoms. The molecule has 0 aromatic heterocycles. The van der Waals surface area contributed by atoms with Crippen LogP contribution in [0.3, 0.4) is 0 Å². The maximum Gasteiger partial charge on any atom is 0.238 e. The topological polar surface area (TPSA) is 59.6 Å². The van der Waals surface area contributed by atoms with Gasteiger partial charge in [0.25, 0.3) is 0 Å². The molecule has 1 amide bonds. The summed E-state index contributed by atoms with van der Waals surface area (Å²) in [6.07, 6.45) is 0. The highest BCUT2D eigenvalue weighted by molar-refractivity contribution is 5.94. The predicted octanol–water partition coefficient (Wildman–Crippen LogP) is 0.457. The van der Waals surface area contributed by atoms with Gasteiger partial charge >= 0.3 is 0 Å². The Labute approximate surface area is 86.4 Å². The van der Waals surface area contributed by atoms with Crippen LogP contribution >= 0.6 is 0 Å². The second-order valence-corrected chi connectivity index (χ2v) is 3.51. The number of amides is 1. The summed E-state index contributed by atoms with van der Waals surface area (Å²) in [6, 6.07) is 3.71. The molecule has 2 aliphatic heterocycles. The minimum absolute atomic E-state index is 0.0346. The van der Waals surface area contributed by atoms with Crippen molar-refractivity contribution in [2.45, 2.75) is 6.54 Å². The molecule has 1 aromatic carbocycles. The van der Waals surface area contributed by atoms with Crippen molar-refractivity contribution in [1.82, 2.24) is 5.32 Å². The number of rotatable bonds is 0. The van der Waals surface area contributed by atoms with Gasteiger partial charge < -0.3 is 20.1 Å². The molecule has 0 spiro atoms. The molecule has 2 heterocycles. The molecule has 0 saturated carbocycles. The van der Waals surface area contributed by atoms with Gasteiger partial charge in [0.15, 0.2) is 11.5 Å². The molecule has 2 N–H and O–H groups in total. The molecule has 15 heavy (non-hydrogen) atoms. The average molecular weight is 206 g/mol. The second-order valence-electron chi connectivity index (χ2n) is 3.51. The normalized spacial score (nSPS) is 18.0. The van der Waals surface area contributed by atoms with Gasteiger partial charge in [0.1, 0.15) is 0 Å². The van der Waals surface area contributed by atoms with E-state index in [0.717, 1.165) is 17.0 Å². The molecule has 1 aromatic rings. The van der Waals surface area contributed by atoms with Crippen LogP contribution in [0.5, 0.6) is 11.5 Å². The molecule has 0 radical (unpaired) electrons. The van der Waals surface area contributed by atoms with Gasteiger partial charge in [0.2, 0.25) is 12.7 Å². The van der Waals surface area contributed by atoms with Crippen molar-refractivity contribution < 1.29 is 14.3 Å². The van der Waals surface area contributed by atoms with E-state index in [1.165, 1.54) is 0 Å². The van der Waals surface area contributed by atoms with Crippen molar-refractivity contribution in [3.63, 3.8) is 0 Å². The second kappa shape index (κ2) is 3.13. The number of fused-ring (bicyclic) bond motifs is 2. The first-order valence-corrected chi connectivity index (χ1v) is 4.76. The highest BCUT2D eigenvalue weighted by atomic mass is 16.7. The third-order valence-electron chi connectivity index (χ3n) is 2.47. The fourth-order valence-electron chi connectivity index (χ4n) is 1.75. The lowest BCUT2D eigenvalue weighted by molar-refractivity contribution is -0.115. The van der Waals surface area contributed by atoms with Gasteiger partial charge in [0.05, 0.1) is 6.54 Å². The predicted molar refractivity (Wildman–Crippen MR) is 52.9 cm³/mol. The van der Waals surface area contributed by atoms with Gasteiger partial charge in [-0.1, -0.05) is 0 Å². The lowest BCUT2D eigenvalue weighted by Crippen LogP contribution is -2.23. The van der Waals surface area contributed by atoms with Crippen molar-refractivity contribution in [3.05, 3.63) is 17.7 Å². The Morgan fingerprint density at radius 1 is 1.13 bits per heavy atom. The first kappa shape index (κ1) is 8.55. The van der Waals surface area contributed by atoms with Crippen LogP contribution < -0.4 is 20.1 Å². The number of carbonyl (C=O) groups excluding carboxylic acids is 1. The van der Waals surface area contributed by atoms with Crippen molar-refractivity contribution in [3.8, 4) is 11.5 Å². The minimum atomic E-state index is -0.0346. The molecule has 0 atom stereocenters. The molecule has 2 aliphatic rings. The maximum absolute atomic E-state index is 11.3. The highest BCUT2D eigenvalue weighted by Crippen LogP contribution is 2.37. The number of benzene rings is 1.